The van der Waals surface area contributed by atoms with Crippen LogP contribution in [-0.4, -0.2) is 22.6 Å². The van der Waals surface area contributed by atoms with Gasteiger partial charge in [-0.15, -0.1) is 0 Å². The fourth-order valence-electron chi connectivity index (χ4n) is 2.89. The van der Waals surface area contributed by atoms with E-state index in [-0.39, 0.29) is 0 Å². The maximum absolute atomic E-state index is 14.1. The Bertz CT molecular complexity index is 1080. The summed E-state index contributed by atoms with van der Waals surface area (Å²) in [5.41, 5.74) is -3.76. The lowest BCUT2D eigenvalue weighted by molar-refractivity contribution is -0.288. The maximum Gasteiger partial charge on any atom is 0.411 e. The summed E-state index contributed by atoms with van der Waals surface area (Å²) in [5.74, 6) is -1.44. The Morgan fingerprint density at radius 3 is 1.81 bits per heavy atom. The first-order chi connectivity index (χ1) is 14.3. The lowest BCUT2D eigenvalue weighted by atomic mass is 9.72. The van der Waals surface area contributed by atoms with Crippen LogP contribution in [-0.2, 0) is 5.41 Å². The third-order valence-corrected chi connectivity index (χ3v) is 4.35. The molecule has 0 bridgehead atoms. The second kappa shape index (κ2) is 7.99. The number of aromatic hydroxyl groups is 2. The minimum absolute atomic E-state index is 0.361. The van der Waals surface area contributed by atoms with Crippen LogP contribution in [0.4, 0.5) is 37.7 Å². The summed E-state index contributed by atoms with van der Waals surface area (Å²) in [4.78, 5) is 0. The van der Waals surface area contributed by atoms with Crippen molar-refractivity contribution in [3.63, 3.8) is 0 Å². The molecular weight excluding hydrogens is 430 g/mol. The van der Waals surface area contributed by atoms with E-state index in [1.807, 2.05) is 0 Å². The highest BCUT2D eigenvalue weighted by molar-refractivity contribution is 5.64. The topological polar surface area (TPSA) is 126 Å². The SMILES string of the molecule is N#CC(C#N)=CNc1cc(C(c2ccc(O)c(N)c2)(C(F)(F)F)C(F)(F)F)ccc1O. The van der Waals surface area contributed by atoms with E-state index >= 15 is 0 Å². The fraction of sp³-hybridized carbons (Fsp3) is 0.158. The zero-order chi connectivity index (χ0) is 23.6. The molecule has 0 aliphatic carbocycles. The second-order valence-corrected chi connectivity index (χ2v) is 6.18. The number of nitrogen functional groups attached to an aromatic ring is 1. The van der Waals surface area contributed by atoms with Crippen molar-refractivity contribution in [2.75, 3.05) is 11.1 Å². The summed E-state index contributed by atoms with van der Waals surface area (Å²) in [6, 6.07) is 5.69. The Hall–Kier alpha value is -4.06. The predicted molar refractivity (Wildman–Crippen MR) is 96.4 cm³/mol. The van der Waals surface area contributed by atoms with Crippen LogP contribution in [0.15, 0.2) is 48.2 Å². The van der Waals surface area contributed by atoms with Gasteiger partial charge >= 0.3 is 12.4 Å². The number of benzene rings is 2. The Labute approximate surface area is 171 Å². The highest BCUT2D eigenvalue weighted by Gasteiger charge is 2.72. The summed E-state index contributed by atoms with van der Waals surface area (Å²) < 4.78 is 84.8. The molecule has 2 aromatic carbocycles. The lowest BCUT2D eigenvalue weighted by Crippen LogP contribution is -2.54. The van der Waals surface area contributed by atoms with Gasteiger partial charge in [0.05, 0.1) is 11.4 Å². The van der Waals surface area contributed by atoms with Crippen LogP contribution in [0.25, 0.3) is 0 Å². The number of nitriles is 2. The van der Waals surface area contributed by atoms with Gasteiger partial charge in [-0.25, -0.2) is 0 Å². The second-order valence-electron chi connectivity index (χ2n) is 6.18. The molecule has 162 valence electrons. The van der Waals surface area contributed by atoms with E-state index < -0.39 is 57.3 Å². The monoisotopic (exact) mass is 442 g/mol. The van der Waals surface area contributed by atoms with Crippen LogP contribution in [0.3, 0.4) is 0 Å². The number of alkyl halides is 6. The predicted octanol–water partition coefficient (Wildman–Crippen LogP) is 4.43. The Kier molecular flexibility index (Phi) is 5.98. The molecule has 0 spiro atoms. The number of hydrogen-bond acceptors (Lipinski definition) is 6. The smallest absolute Gasteiger partial charge is 0.411 e. The van der Waals surface area contributed by atoms with E-state index in [1.54, 1.807) is 0 Å². The van der Waals surface area contributed by atoms with Crippen molar-refractivity contribution in [3.05, 3.63) is 59.3 Å². The number of hydrogen-bond donors (Lipinski definition) is 4. The largest absolute Gasteiger partial charge is 0.506 e. The third-order valence-electron chi connectivity index (χ3n) is 4.35. The van der Waals surface area contributed by atoms with Crippen LogP contribution in [0.5, 0.6) is 11.5 Å². The number of phenolic OH excluding ortho intramolecular Hbond substituents is 2. The quantitative estimate of drug-likeness (QED) is 0.240. The van der Waals surface area contributed by atoms with E-state index in [2.05, 4.69) is 5.32 Å². The Morgan fingerprint density at radius 1 is 0.871 bits per heavy atom. The summed E-state index contributed by atoms with van der Waals surface area (Å²) in [6.45, 7) is 0. The minimum atomic E-state index is -5.93. The van der Waals surface area contributed by atoms with Crippen LogP contribution < -0.4 is 11.1 Å². The molecule has 0 amide bonds. The van der Waals surface area contributed by atoms with E-state index in [0.717, 1.165) is 0 Å². The molecule has 0 radical (unpaired) electrons. The van der Waals surface area contributed by atoms with Gasteiger partial charge in [0.15, 0.2) is 0 Å². The van der Waals surface area contributed by atoms with E-state index in [9.17, 15) is 36.6 Å². The van der Waals surface area contributed by atoms with Gasteiger partial charge in [-0.05, 0) is 35.4 Å². The molecule has 2 aromatic rings. The molecule has 0 unspecified atom stereocenters. The molecule has 0 saturated heterocycles. The number of nitrogens with two attached hydrogens (primary N) is 1. The zero-order valence-electron chi connectivity index (χ0n) is 15.2. The number of anilines is 2. The third kappa shape index (κ3) is 4.00. The fourth-order valence-corrected chi connectivity index (χ4v) is 2.89. The van der Waals surface area contributed by atoms with Crippen molar-refractivity contribution in [1.29, 1.82) is 10.5 Å². The van der Waals surface area contributed by atoms with Crippen molar-refractivity contribution in [1.82, 2.24) is 0 Å². The van der Waals surface area contributed by atoms with Crippen molar-refractivity contribution in [2.45, 2.75) is 17.8 Å². The first-order valence-corrected chi connectivity index (χ1v) is 8.12. The number of nitrogens with zero attached hydrogens (tertiary/aromatic N) is 2. The summed E-state index contributed by atoms with van der Waals surface area (Å²) >= 11 is 0. The van der Waals surface area contributed by atoms with E-state index in [4.69, 9.17) is 16.3 Å². The zero-order valence-corrected chi connectivity index (χ0v) is 15.2. The molecule has 0 aliphatic heterocycles. The normalized spacial score (nSPS) is 11.9. The summed E-state index contributed by atoms with van der Waals surface area (Å²) in [6.07, 6.45) is -11.1. The average molecular weight is 442 g/mol. The van der Waals surface area contributed by atoms with Crippen molar-refractivity contribution < 1.29 is 36.6 Å². The number of halogens is 6. The van der Waals surface area contributed by atoms with Crippen LogP contribution in [0, 0.1) is 22.7 Å². The van der Waals surface area contributed by atoms with Gasteiger partial charge in [-0.1, -0.05) is 12.1 Å². The standard InChI is InChI=1S/C19H12F6N4O2/c20-18(21,22)17(19(23,24)25,11-1-3-15(30)13(28)5-11)12-2-4-16(31)14(6-12)29-9-10(7-26)8-27/h1-6,9,29-31H,28H2. The van der Waals surface area contributed by atoms with E-state index in [1.165, 1.54) is 12.1 Å². The first kappa shape index (κ1) is 23.2. The summed E-state index contributed by atoms with van der Waals surface area (Å²) in [5, 5.41) is 38.8. The van der Waals surface area contributed by atoms with Gasteiger partial charge < -0.3 is 21.3 Å². The van der Waals surface area contributed by atoms with Crippen molar-refractivity contribution in [3.8, 4) is 23.6 Å². The van der Waals surface area contributed by atoms with Gasteiger partial charge in [0.2, 0.25) is 5.41 Å². The Balaban J connectivity index is 2.87. The van der Waals surface area contributed by atoms with Crippen molar-refractivity contribution >= 4 is 11.4 Å². The number of phenols is 2. The number of rotatable bonds is 4. The van der Waals surface area contributed by atoms with Gasteiger partial charge in [0.25, 0.3) is 0 Å². The molecule has 0 fully saturated rings. The molecule has 6 nitrogen and oxygen atoms in total. The summed E-state index contributed by atoms with van der Waals surface area (Å²) in [7, 11) is 0. The molecule has 0 saturated carbocycles. The first-order valence-electron chi connectivity index (χ1n) is 8.12. The molecule has 0 heterocycles. The molecule has 0 aromatic heterocycles. The van der Waals surface area contributed by atoms with Gasteiger partial charge in [0, 0.05) is 6.20 Å². The average Bonchev–Trinajstić information content (AvgIpc) is 2.65. The van der Waals surface area contributed by atoms with Crippen LogP contribution in [0.1, 0.15) is 11.1 Å². The lowest BCUT2D eigenvalue weighted by Gasteiger charge is -2.38. The minimum Gasteiger partial charge on any atom is -0.506 e. The highest BCUT2D eigenvalue weighted by Crippen LogP contribution is 2.57. The van der Waals surface area contributed by atoms with Gasteiger partial charge in [0.1, 0.15) is 29.2 Å². The highest BCUT2D eigenvalue weighted by atomic mass is 19.4. The van der Waals surface area contributed by atoms with Gasteiger partial charge in [-0.2, -0.15) is 36.9 Å². The maximum atomic E-state index is 14.1. The Morgan fingerprint density at radius 2 is 1.35 bits per heavy atom. The van der Waals surface area contributed by atoms with Crippen LogP contribution in [0.2, 0.25) is 0 Å². The molecule has 5 N–H and O–H groups in total. The molecular formula is C19H12F6N4O2. The molecule has 12 heteroatoms. The van der Waals surface area contributed by atoms with Crippen molar-refractivity contribution in [2.24, 2.45) is 0 Å². The number of nitrogens with one attached hydrogen (secondary N) is 1. The molecule has 0 aliphatic rings. The van der Waals surface area contributed by atoms with Crippen LogP contribution >= 0.6 is 0 Å². The van der Waals surface area contributed by atoms with Gasteiger partial charge in [-0.3, -0.25) is 0 Å². The number of allylic oxidation sites excluding steroid dienone is 1. The molecule has 31 heavy (non-hydrogen) atoms. The molecule has 2 rings (SSSR count). The molecule has 0 atom stereocenters. The van der Waals surface area contributed by atoms with E-state index in [0.29, 0.717) is 42.6 Å².